The number of hydrogen-bond acceptors (Lipinski definition) is 18. The molecule has 0 fully saturated rings. The zero-order valence-electron chi connectivity index (χ0n) is 44.2. The van der Waals surface area contributed by atoms with Crippen LogP contribution in [-0.2, 0) is 73.5 Å². The molecule has 31 nitrogen and oxygen atoms in total. The Balaban J connectivity index is 3.50. The highest BCUT2D eigenvalue weighted by Gasteiger charge is 2.36. The molecule has 0 radical (unpaired) electrons. The highest BCUT2D eigenvalue weighted by Crippen LogP contribution is 2.11. The van der Waals surface area contributed by atoms with Gasteiger partial charge in [0.1, 0.15) is 54.9 Å². The van der Waals surface area contributed by atoms with Crippen LogP contribution in [0.4, 0.5) is 0 Å². The number of unbranched alkanes of at least 4 members (excludes halogenated alkanes) is 1. The minimum Gasteiger partial charge on any atom is -0.481 e. The summed E-state index contributed by atoms with van der Waals surface area (Å²) in [6, 6.07) is -5.94. The van der Waals surface area contributed by atoms with E-state index in [0.29, 0.717) is 12.0 Å². The number of carbonyl (C=O) groups is 14. The fourth-order valence-electron chi connectivity index (χ4n) is 7.26. The van der Waals surface area contributed by atoms with E-state index in [1.165, 1.54) is 13.8 Å². The van der Waals surface area contributed by atoms with E-state index in [0.717, 1.165) is 0 Å². The number of aliphatic hydroxyl groups is 1. The van der Waals surface area contributed by atoms with Crippen LogP contribution in [0.3, 0.4) is 0 Å². The van der Waals surface area contributed by atoms with Gasteiger partial charge in [-0.2, -0.15) is 12.6 Å². The van der Waals surface area contributed by atoms with Gasteiger partial charge >= 0.3 is 17.9 Å². The second-order valence-corrected chi connectivity index (χ2v) is 19.0. The molecule has 11 amide bonds. The molecular formula is C48H75N13O18S. The van der Waals surface area contributed by atoms with E-state index in [4.69, 9.17) is 28.0 Å². The van der Waals surface area contributed by atoms with E-state index in [2.05, 4.69) is 60.5 Å². The van der Waals surface area contributed by atoms with Crippen molar-refractivity contribution in [1.29, 1.82) is 0 Å². The van der Waals surface area contributed by atoms with Crippen molar-refractivity contribution in [3.63, 3.8) is 0 Å². The smallest absolute Gasteiger partial charge is 0.322 e. The summed E-state index contributed by atoms with van der Waals surface area (Å²) in [4.78, 5) is 180. The second kappa shape index (κ2) is 37.0. The van der Waals surface area contributed by atoms with E-state index >= 15 is 0 Å². The summed E-state index contributed by atoms with van der Waals surface area (Å²) in [5.41, 5.74) is 22.6. The molecule has 1 aromatic carbocycles. The molecule has 0 bridgehead atoms. The number of amides is 11. The van der Waals surface area contributed by atoms with Gasteiger partial charge in [-0.25, -0.2) is 0 Å². The Morgan fingerprint density at radius 2 is 0.875 bits per heavy atom. The third kappa shape index (κ3) is 27.6. The van der Waals surface area contributed by atoms with Crippen LogP contribution in [0.2, 0.25) is 0 Å². The van der Waals surface area contributed by atoms with Gasteiger partial charge in [-0.1, -0.05) is 44.2 Å². The maximum atomic E-state index is 13.9. The average Bonchev–Trinajstić information content (AvgIpc) is 3.39. The number of aliphatic hydroxyl groups excluding tert-OH is 1. The number of aliphatic carboxylic acids is 3. The van der Waals surface area contributed by atoms with Gasteiger partial charge < -0.3 is 91.2 Å². The number of benzene rings is 1. The zero-order chi connectivity index (χ0) is 60.6. The van der Waals surface area contributed by atoms with Crippen molar-refractivity contribution in [3.05, 3.63) is 35.9 Å². The Bertz CT molecular complexity index is 2330. The SMILES string of the molecule is CC(C)[C@H](NC(=O)[C@H](CCC(N)=O)NC(=O)[C@H](CCC(=O)O)NC(=O)[C@H](CO)NC(=O)[C@H](CCCCN)NC(=O)[C@H](CCC(=O)O)NC(=O)[C@H](Cc1ccccc1)NC(=O)[C@@H](N)CS)C(=O)N[C@@H](CCC(N)=O)C(=O)NCC(=O)O. The van der Waals surface area contributed by atoms with Gasteiger partial charge in [-0.05, 0) is 63.0 Å². The molecule has 446 valence electrons. The summed E-state index contributed by atoms with van der Waals surface area (Å²) < 4.78 is 0. The first-order valence-corrected chi connectivity index (χ1v) is 25.9. The molecule has 0 heterocycles. The van der Waals surface area contributed by atoms with Gasteiger partial charge in [0, 0.05) is 37.9 Å². The topological polar surface area (TPSA) is 532 Å². The van der Waals surface area contributed by atoms with Gasteiger partial charge in [0.15, 0.2) is 0 Å². The van der Waals surface area contributed by atoms with Crippen molar-refractivity contribution in [2.24, 2.45) is 28.9 Å². The largest absolute Gasteiger partial charge is 0.481 e. The summed E-state index contributed by atoms with van der Waals surface area (Å²) in [7, 11) is 0. The maximum Gasteiger partial charge on any atom is 0.322 e. The van der Waals surface area contributed by atoms with Crippen LogP contribution in [0.1, 0.15) is 90.0 Å². The van der Waals surface area contributed by atoms with Gasteiger partial charge in [-0.15, -0.1) is 0 Å². The number of nitrogens with two attached hydrogens (primary N) is 4. The van der Waals surface area contributed by atoms with E-state index < -0.39 is 201 Å². The molecule has 9 atom stereocenters. The predicted molar refractivity (Wildman–Crippen MR) is 283 cm³/mol. The van der Waals surface area contributed by atoms with Crippen molar-refractivity contribution in [2.75, 3.05) is 25.4 Å². The van der Waals surface area contributed by atoms with Gasteiger partial charge in [0.25, 0.3) is 0 Å². The highest BCUT2D eigenvalue weighted by atomic mass is 32.1. The lowest BCUT2D eigenvalue weighted by Gasteiger charge is -2.28. The molecule has 0 aliphatic heterocycles. The number of thiol groups is 1. The van der Waals surface area contributed by atoms with Gasteiger partial charge in [0.05, 0.1) is 12.6 Å². The molecule has 21 N–H and O–H groups in total. The number of carbonyl (C=O) groups excluding carboxylic acids is 11. The number of hydrogen-bond donors (Lipinski definition) is 18. The Labute approximate surface area is 465 Å². The third-order valence-corrected chi connectivity index (χ3v) is 12.1. The van der Waals surface area contributed by atoms with Crippen molar-refractivity contribution in [2.45, 2.75) is 145 Å². The number of primary amides is 2. The van der Waals surface area contributed by atoms with E-state index in [-0.39, 0.29) is 38.0 Å². The summed E-state index contributed by atoms with van der Waals surface area (Å²) in [6.07, 6.45) is -4.40. The summed E-state index contributed by atoms with van der Waals surface area (Å²) >= 11 is 4.02. The number of nitrogens with one attached hydrogen (secondary N) is 9. The molecule has 32 heteroatoms. The van der Waals surface area contributed by atoms with Crippen LogP contribution in [0.5, 0.6) is 0 Å². The summed E-state index contributed by atoms with van der Waals surface area (Å²) in [5, 5.41) is 59.2. The van der Waals surface area contributed by atoms with Crippen molar-refractivity contribution in [1.82, 2.24) is 47.9 Å². The van der Waals surface area contributed by atoms with Crippen LogP contribution in [0.25, 0.3) is 0 Å². The first-order valence-electron chi connectivity index (χ1n) is 25.3. The van der Waals surface area contributed by atoms with Crippen molar-refractivity contribution in [3.8, 4) is 0 Å². The standard InChI is InChI=1S/C48H75N13O18S/c1-24(2)39(48(79)58-28(11-15-34(51)63)41(72)53-21-38(69)70)61-45(76)29(12-16-35(52)64)55-44(75)31(14-18-37(67)68)57-47(78)33(22-62)60-42(73)27(10-6-7-19-49)54-43(74)30(13-17-36(65)66)56-46(77)32(59-40(71)26(50)23-80)20-25-8-4-3-5-9-25/h3-5,8-9,24,26-33,39,62,80H,6-7,10-23,49-50H2,1-2H3,(H2,51,63)(H2,52,64)(H,53,72)(H,54,74)(H,55,75)(H,56,77)(H,57,78)(H,58,79)(H,59,71)(H,60,73)(H,61,76)(H,65,66)(H,67,68)(H,69,70)/t26-,27-,28-,29-,30-,31-,32-,33-,39-/m0/s1. The number of rotatable bonds is 40. The quantitative estimate of drug-likeness (QED) is 0.0215. The fourth-order valence-corrected chi connectivity index (χ4v) is 7.42. The first kappa shape index (κ1) is 70.0. The van der Waals surface area contributed by atoms with Gasteiger partial charge in [-0.3, -0.25) is 67.1 Å². The Hall–Kier alpha value is -7.97. The molecule has 0 aliphatic rings. The molecule has 0 saturated heterocycles. The molecule has 1 rings (SSSR count). The van der Waals surface area contributed by atoms with Crippen LogP contribution in [0, 0.1) is 5.92 Å². The fraction of sp³-hybridized carbons (Fsp3) is 0.583. The highest BCUT2D eigenvalue weighted by molar-refractivity contribution is 7.80. The van der Waals surface area contributed by atoms with Crippen molar-refractivity contribution >= 4 is 95.5 Å². The Morgan fingerprint density at radius 3 is 1.29 bits per heavy atom. The maximum absolute atomic E-state index is 13.9. The Kier molecular flexibility index (Phi) is 32.4. The molecule has 0 unspecified atom stereocenters. The molecule has 80 heavy (non-hydrogen) atoms. The molecule has 1 aromatic rings. The monoisotopic (exact) mass is 1150 g/mol. The molecule has 0 aliphatic carbocycles. The van der Waals surface area contributed by atoms with Crippen LogP contribution in [-0.4, -0.2) is 183 Å². The lowest BCUT2D eigenvalue weighted by molar-refractivity contribution is -0.140. The zero-order valence-corrected chi connectivity index (χ0v) is 45.1. The minimum atomic E-state index is -1.94. The average molecular weight is 1150 g/mol. The summed E-state index contributed by atoms with van der Waals surface area (Å²) in [5.74, 6) is -16.6. The number of carboxylic acid groups (broad SMARTS) is 3. The van der Waals surface area contributed by atoms with E-state index in [1.54, 1.807) is 30.3 Å². The van der Waals surface area contributed by atoms with Crippen LogP contribution in [0.15, 0.2) is 30.3 Å². The second-order valence-electron chi connectivity index (χ2n) is 18.6. The normalized spacial score (nSPS) is 14.3. The van der Waals surface area contributed by atoms with E-state index in [1.807, 2.05) is 0 Å². The molecular weight excluding hydrogens is 1080 g/mol. The first-order chi connectivity index (χ1) is 37.6. The van der Waals surface area contributed by atoms with Crippen LogP contribution >= 0.6 is 12.6 Å². The lowest BCUT2D eigenvalue weighted by atomic mass is 10.0. The molecule has 0 aromatic heterocycles. The minimum absolute atomic E-state index is 0.0928. The summed E-state index contributed by atoms with van der Waals surface area (Å²) in [6.45, 7) is 1.02. The molecule has 0 spiro atoms. The number of carboxylic acids is 3. The van der Waals surface area contributed by atoms with Crippen LogP contribution < -0.4 is 70.8 Å². The predicted octanol–water partition coefficient (Wildman–Crippen LogP) is -6.40. The Morgan fingerprint density at radius 1 is 0.487 bits per heavy atom. The third-order valence-electron chi connectivity index (χ3n) is 11.7. The molecule has 0 saturated carbocycles. The lowest BCUT2D eigenvalue weighted by Crippen LogP contribution is -2.61. The van der Waals surface area contributed by atoms with E-state index in [9.17, 15) is 82.4 Å². The van der Waals surface area contributed by atoms with Gasteiger partial charge in [0.2, 0.25) is 65.0 Å². The van der Waals surface area contributed by atoms with Crippen molar-refractivity contribution < 1.29 is 87.5 Å².